The van der Waals surface area contributed by atoms with Crippen molar-refractivity contribution in [2.75, 3.05) is 7.11 Å². The molecule has 1 aromatic rings. The molecular weight excluding hydrogens is 264 g/mol. The van der Waals surface area contributed by atoms with Gasteiger partial charge in [0, 0.05) is 12.6 Å². The van der Waals surface area contributed by atoms with Crippen molar-refractivity contribution in [2.45, 2.75) is 25.4 Å². The van der Waals surface area contributed by atoms with Crippen LogP contribution in [0, 0.1) is 16.0 Å². The van der Waals surface area contributed by atoms with E-state index in [0.29, 0.717) is 5.56 Å². The van der Waals surface area contributed by atoms with Gasteiger partial charge >= 0.3 is 11.7 Å². The minimum absolute atomic E-state index is 0.120. The van der Waals surface area contributed by atoms with Gasteiger partial charge in [0.1, 0.15) is 6.04 Å². The van der Waals surface area contributed by atoms with Crippen molar-refractivity contribution in [3.05, 3.63) is 33.9 Å². The molecule has 108 valence electrons. The Bertz CT molecular complexity index is 527. The van der Waals surface area contributed by atoms with Crippen LogP contribution in [0.25, 0.3) is 0 Å². The van der Waals surface area contributed by atoms with Crippen LogP contribution in [0.1, 0.15) is 18.4 Å². The molecule has 1 aromatic carbocycles. The summed E-state index contributed by atoms with van der Waals surface area (Å²) in [7, 11) is 1.37. The summed E-state index contributed by atoms with van der Waals surface area (Å²) in [6.07, 6.45) is 1.82. The van der Waals surface area contributed by atoms with Crippen molar-refractivity contribution in [3.8, 4) is 5.75 Å². The first-order valence-electron chi connectivity index (χ1n) is 6.30. The standard InChI is InChI=1S/C13H16N2O5/c1-20-11-5-2-8(6-10(11)15(18)19)7-14-12(13(16)17)9-3-4-9/h2,5-6,9,12,14H,3-4,7H2,1H3,(H,16,17). The number of methoxy groups -OCH3 is 1. The van der Waals surface area contributed by atoms with Crippen LogP contribution >= 0.6 is 0 Å². The lowest BCUT2D eigenvalue weighted by Crippen LogP contribution is -2.38. The van der Waals surface area contributed by atoms with E-state index in [9.17, 15) is 14.9 Å². The van der Waals surface area contributed by atoms with Crippen molar-refractivity contribution >= 4 is 11.7 Å². The highest BCUT2D eigenvalue weighted by atomic mass is 16.6. The van der Waals surface area contributed by atoms with E-state index in [1.165, 1.54) is 19.2 Å². The number of nitro groups is 1. The summed E-state index contributed by atoms with van der Waals surface area (Å²) in [6.45, 7) is 0.276. The zero-order valence-electron chi connectivity index (χ0n) is 11.0. The molecule has 0 amide bonds. The predicted octanol–water partition coefficient (Wildman–Crippen LogP) is 1.56. The summed E-state index contributed by atoms with van der Waals surface area (Å²) in [5.41, 5.74) is 0.537. The fraction of sp³-hybridized carbons (Fsp3) is 0.462. The van der Waals surface area contributed by atoms with Crippen molar-refractivity contribution in [1.82, 2.24) is 5.32 Å². The third-order valence-corrected chi connectivity index (χ3v) is 3.33. The lowest BCUT2D eigenvalue weighted by Gasteiger charge is -2.13. The van der Waals surface area contributed by atoms with Crippen LogP contribution in [-0.4, -0.2) is 29.2 Å². The number of nitrogens with one attached hydrogen (secondary N) is 1. The molecule has 0 aliphatic heterocycles. The molecule has 0 spiro atoms. The molecule has 1 aliphatic rings. The maximum Gasteiger partial charge on any atom is 0.320 e. The summed E-state index contributed by atoms with van der Waals surface area (Å²) in [4.78, 5) is 21.5. The number of rotatable bonds is 7. The Kier molecular flexibility index (Phi) is 4.19. The fourth-order valence-electron chi connectivity index (χ4n) is 2.10. The van der Waals surface area contributed by atoms with Gasteiger partial charge < -0.3 is 15.2 Å². The van der Waals surface area contributed by atoms with Crippen molar-refractivity contribution in [2.24, 2.45) is 5.92 Å². The maximum atomic E-state index is 11.1. The van der Waals surface area contributed by atoms with Crippen molar-refractivity contribution in [1.29, 1.82) is 0 Å². The third-order valence-electron chi connectivity index (χ3n) is 3.33. The van der Waals surface area contributed by atoms with Crippen LogP contribution < -0.4 is 10.1 Å². The average Bonchev–Trinajstić information content (AvgIpc) is 3.23. The summed E-state index contributed by atoms with van der Waals surface area (Å²) >= 11 is 0. The third kappa shape index (κ3) is 3.24. The second-order valence-electron chi connectivity index (χ2n) is 4.80. The van der Waals surface area contributed by atoms with Crippen LogP contribution in [-0.2, 0) is 11.3 Å². The molecule has 7 nitrogen and oxygen atoms in total. The smallest absolute Gasteiger partial charge is 0.320 e. The largest absolute Gasteiger partial charge is 0.490 e. The van der Waals surface area contributed by atoms with Crippen LogP contribution in [0.5, 0.6) is 5.75 Å². The number of hydrogen-bond donors (Lipinski definition) is 2. The van der Waals surface area contributed by atoms with E-state index in [1.807, 2.05) is 0 Å². The van der Waals surface area contributed by atoms with E-state index < -0.39 is 16.9 Å². The molecule has 1 saturated carbocycles. The minimum atomic E-state index is -0.879. The van der Waals surface area contributed by atoms with Crippen molar-refractivity contribution in [3.63, 3.8) is 0 Å². The summed E-state index contributed by atoms with van der Waals surface area (Å²) in [5, 5.41) is 22.9. The molecular formula is C13H16N2O5. The SMILES string of the molecule is COc1ccc(CNC(C(=O)O)C2CC2)cc1[N+](=O)[O-]. The number of carboxylic acid groups (broad SMARTS) is 1. The Morgan fingerprint density at radius 1 is 1.60 bits per heavy atom. The Balaban J connectivity index is 2.07. The van der Waals surface area contributed by atoms with E-state index in [0.717, 1.165) is 12.8 Å². The van der Waals surface area contributed by atoms with E-state index in [4.69, 9.17) is 9.84 Å². The second-order valence-corrected chi connectivity index (χ2v) is 4.80. The monoisotopic (exact) mass is 280 g/mol. The summed E-state index contributed by atoms with van der Waals surface area (Å²) < 4.78 is 4.92. The van der Waals surface area contributed by atoms with E-state index in [2.05, 4.69) is 5.32 Å². The first-order chi connectivity index (χ1) is 9.52. The number of hydrogen-bond acceptors (Lipinski definition) is 5. The van der Waals surface area contributed by atoms with Gasteiger partial charge in [0.2, 0.25) is 0 Å². The molecule has 0 bridgehead atoms. The highest BCUT2D eigenvalue weighted by molar-refractivity contribution is 5.74. The Labute approximate surface area is 115 Å². The molecule has 7 heteroatoms. The minimum Gasteiger partial charge on any atom is -0.490 e. The molecule has 2 rings (SSSR count). The summed E-state index contributed by atoms with van der Waals surface area (Å²) in [5.74, 6) is -0.521. The first kappa shape index (κ1) is 14.3. The number of aliphatic carboxylic acids is 1. The maximum absolute atomic E-state index is 11.1. The zero-order valence-corrected chi connectivity index (χ0v) is 11.0. The van der Waals surface area contributed by atoms with E-state index >= 15 is 0 Å². The molecule has 1 atom stereocenters. The molecule has 0 heterocycles. The van der Waals surface area contributed by atoms with E-state index in [-0.39, 0.29) is 23.9 Å². The van der Waals surface area contributed by atoms with Gasteiger partial charge in [0.15, 0.2) is 5.75 Å². The number of carbonyl (C=O) groups is 1. The molecule has 2 N–H and O–H groups in total. The second kappa shape index (κ2) is 5.87. The zero-order chi connectivity index (χ0) is 14.7. The molecule has 0 radical (unpaired) electrons. The highest BCUT2D eigenvalue weighted by Gasteiger charge is 2.35. The van der Waals surface area contributed by atoms with Crippen LogP contribution in [0.3, 0.4) is 0 Å². The lowest BCUT2D eigenvalue weighted by molar-refractivity contribution is -0.385. The van der Waals surface area contributed by atoms with Gasteiger partial charge in [-0.15, -0.1) is 0 Å². The van der Waals surface area contributed by atoms with Gasteiger partial charge in [-0.1, -0.05) is 6.07 Å². The molecule has 0 saturated heterocycles. The number of ether oxygens (including phenoxy) is 1. The van der Waals surface area contributed by atoms with Crippen LogP contribution in [0.4, 0.5) is 5.69 Å². The highest BCUT2D eigenvalue weighted by Crippen LogP contribution is 2.33. The average molecular weight is 280 g/mol. The molecule has 0 aromatic heterocycles. The van der Waals surface area contributed by atoms with Gasteiger partial charge in [-0.2, -0.15) is 0 Å². The Hall–Kier alpha value is -2.15. The summed E-state index contributed by atoms with van der Waals surface area (Å²) in [6, 6.07) is 4.01. The van der Waals surface area contributed by atoms with Gasteiger partial charge in [-0.3, -0.25) is 14.9 Å². The quantitative estimate of drug-likeness (QED) is 0.580. The van der Waals surface area contributed by atoms with Crippen LogP contribution in [0.15, 0.2) is 18.2 Å². The van der Waals surface area contributed by atoms with Crippen molar-refractivity contribution < 1.29 is 19.6 Å². The van der Waals surface area contributed by atoms with Gasteiger partial charge in [-0.05, 0) is 30.4 Å². The molecule has 1 aliphatic carbocycles. The number of benzene rings is 1. The predicted molar refractivity (Wildman–Crippen MR) is 70.6 cm³/mol. The number of nitro benzene ring substituents is 1. The first-order valence-corrected chi connectivity index (χ1v) is 6.30. The van der Waals surface area contributed by atoms with Crippen LogP contribution in [0.2, 0.25) is 0 Å². The van der Waals surface area contributed by atoms with E-state index in [1.54, 1.807) is 6.07 Å². The number of carboxylic acids is 1. The van der Waals surface area contributed by atoms with Gasteiger partial charge in [-0.25, -0.2) is 0 Å². The fourth-order valence-corrected chi connectivity index (χ4v) is 2.10. The molecule has 1 fully saturated rings. The van der Waals surface area contributed by atoms with Gasteiger partial charge in [0.25, 0.3) is 0 Å². The molecule has 1 unspecified atom stereocenters. The number of nitrogens with zero attached hydrogens (tertiary/aromatic N) is 1. The normalized spacial score (nSPS) is 15.7. The Morgan fingerprint density at radius 3 is 2.80 bits per heavy atom. The Morgan fingerprint density at radius 2 is 2.30 bits per heavy atom. The van der Waals surface area contributed by atoms with Gasteiger partial charge in [0.05, 0.1) is 12.0 Å². The molecule has 20 heavy (non-hydrogen) atoms. The topological polar surface area (TPSA) is 102 Å². The lowest BCUT2D eigenvalue weighted by atomic mass is 10.1.